The van der Waals surface area contributed by atoms with Gasteiger partial charge in [0, 0.05) is 38.6 Å². The fraction of sp³-hybridized carbons (Fsp3) is 0.600. The van der Waals surface area contributed by atoms with Crippen LogP contribution in [0.4, 0.5) is 0 Å². The molecule has 1 amide bonds. The van der Waals surface area contributed by atoms with Crippen LogP contribution in [0.1, 0.15) is 26.7 Å². The molecule has 7 nitrogen and oxygen atoms in total. The van der Waals surface area contributed by atoms with Crippen LogP contribution in [0.25, 0.3) is 0 Å². The van der Waals surface area contributed by atoms with Gasteiger partial charge in [-0.05, 0) is 37.1 Å². The molecular weight excluding hydrogens is 471 g/mol. The van der Waals surface area contributed by atoms with Crippen molar-refractivity contribution in [2.45, 2.75) is 32.7 Å². The second kappa shape index (κ2) is 12.7. The average Bonchev–Trinajstić information content (AvgIpc) is 3.15. The quantitative estimate of drug-likeness (QED) is 0.246. The predicted octanol–water partition coefficient (Wildman–Crippen LogP) is 2.50. The van der Waals surface area contributed by atoms with E-state index in [0.717, 1.165) is 49.9 Å². The Bertz CT molecular complexity index is 622. The number of carbonyl (C=O) groups is 1. The summed E-state index contributed by atoms with van der Waals surface area (Å²) in [5.41, 5.74) is 0. The third kappa shape index (κ3) is 7.73. The summed E-state index contributed by atoms with van der Waals surface area (Å²) in [6.45, 7) is 6.81. The molecule has 2 N–H and O–H groups in total. The van der Waals surface area contributed by atoms with Gasteiger partial charge in [-0.1, -0.05) is 13.8 Å². The highest BCUT2D eigenvalue weighted by molar-refractivity contribution is 14.0. The van der Waals surface area contributed by atoms with E-state index in [0.29, 0.717) is 6.61 Å². The molecule has 1 fully saturated rings. The zero-order valence-corrected chi connectivity index (χ0v) is 19.6. The van der Waals surface area contributed by atoms with Gasteiger partial charge in [0.1, 0.15) is 11.5 Å². The molecule has 0 radical (unpaired) electrons. The zero-order chi connectivity index (χ0) is 19.6. The fourth-order valence-corrected chi connectivity index (χ4v) is 2.97. The normalized spacial score (nSPS) is 16.5. The summed E-state index contributed by atoms with van der Waals surface area (Å²) < 4.78 is 10.8. The monoisotopic (exact) mass is 504 g/mol. The second-order valence-electron chi connectivity index (χ2n) is 6.95. The molecule has 1 aliphatic heterocycles. The van der Waals surface area contributed by atoms with Crippen molar-refractivity contribution in [2.75, 3.05) is 40.4 Å². The van der Waals surface area contributed by atoms with Crippen molar-refractivity contribution in [3.8, 4) is 11.5 Å². The van der Waals surface area contributed by atoms with Crippen LogP contribution in [0.15, 0.2) is 29.3 Å². The van der Waals surface area contributed by atoms with Crippen LogP contribution in [0.3, 0.4) is 0 Å². The van der Waals surface area contributed by atoms with Crippen molar-refractivity contribution >= 4 is 35.8 Å². The zero-order valence-electron chi connectivity index (χ0n) is 17.2. The molecule has 0 spiro atoms. The van der Waals surface area contributed by atoms with Crippen LogP contribution in [0.5, 0.6) is 11.5 Å². The largest absolute Gasteiger partial charge is 0.497 e. The highest BCUT2D eigenvalue weighted by Crippen LogP contribution is 2.17. The molecule has 158 valence electrons. The van der Waals surface area contributed by atoms with E-state index in [-0.39, 0.29) is 41.8 Å². The Kier molecular flexibility index (Phi) is 11.0. The number of carbonyl (C=O) groups excluding carboxylic acids is 1. The van der Waals surface area contributed by atoms with Gasteiger partial charge in [-0.2, -0.15) is 0 Å². The van der Waals surface area contributed by atoms with Gasteiger partial charge in [0.25, 0.3) is 0 Å². The Morgan fingerprint density at radius 2 is 1.96 bits per heavy atom. The molecule has 0 aromatic heterocycles. The number of ether oxygens (including phenoxy) is 2. The summed E-state index contributed by atoms with van der Waals surface area (Å²) in [6, 6.07) is 7.81. The van der Waals surface area contributed by atoms with E-state index >= 15 is 0 Å². The van der Waals surface area contributed by atoms with E-state index in [2.05, 4.69) is 15.6 Å². The maximum absolute atomic E-state index is 12.1. The van der Waals surface area contributed by atoms with Crippen LogP contribution in [-0.2, 0) is 4.79 Å². The van der Waals surface area contributed by atoms with Gasteiger partial charge in [0.2, 0.25) is 5.91 Å². The maximum atomic E-state index is 12.1. The van der Waals surface area contributed by atoms with Crippen LogP contribution in [0.2, 0.25) is 0 Å². The van der Waals surface area contributed by atoms with Crippen molar-refractivity contribution < 1.29 is 14.3 Å². The molecule has 1 atom stereocenters. The van der Waals surface area contributed by atoms with Crippen molar-refractivity contribution in [2.24, 2.45) is 10.9 Å². The summed E-state index contributed by atoms with van der Waals surface area (Å²) in [4.78, 5) is 18.3. The van der Waals surface area contributed by atoms with Crippen LogP contribution in [-0.4, -0.2) is 63.2 Å². The lowest BCUT2D eigenvalue weighted by Crippen LogP contribution is -2.45. The van der Waals surface area contributed by atoms with Crippen LogP contribution >= 0.6 is 24.0 Å². The minimum Gasteiger partial charge on any atom is -0.497 e. The van der Waals surface area contributed by atoms with E-state index in [1.807, 2.05) is 43.0 Å². The Labute approximate surface area is 185 Å². The van der Waals surface area contributed by atoms with Gasteiger partial charge in [0.05, 0.1) is 13.7 Å². The number of rotatable bonds is 8. The van der Waals surface area contributed by atoms with E-state index in [1.54, 1.807) is 14.2 Å². The van der Waals surface area contributed by atoms with Gasteiger partial charge in [0.15, 0.2) is 5.96 Å². The smallest absolute Gasteiger partial charge is 0.225 e. The molecule has 1 heterocycles. The fourth-order valence-electron chi connectivity index (χ4n) is 2.97. The maximum Gasteiger partial charge on any atom is 0.225 e. The summed E-state index contributed by atoms with van der Waals surface area (Å²) in [5.74, 6) is 2.69. The summed E-state index contributed by atoms with van der Waals surface area (Å²) in [7, 11) is 3.41. The first kappa shape index (κ1) is 24.3. The first-order valence-electron chi connectivity index (χ1n) is 9.56. The Morgan fingerprint density at radius 1 is 1.29 bits per heavy atom. The summed E-state index contributed by atoms with van der Waals surface area (Å²) in [5, 5.41) is 6.70. The van der Waals surface area contributed by atoms with E-state index in [4.69, 9.17) is 9.47 Å². The Hall–Kier alpha value is -1.71. The first-order valence-corrected chi connectivity index (χ1v) is 9.56. The van der Waals surface area contributed by atoms with Gasteiger partial charge in [-0.25, -0.2) is 0 Å². The lowest BCUT2D eigenvalue weighted by Gasteiger charge is -2.20. The number of methoxy groups -OCH3 is 1. The molecule has 1 aromatic carbocycles. The van der Waals surface area contributed by atoms with Crippen molar-refractivity contribution in [3.05, 3.63) is 24.3 Å². The SMILES string of the molecule is CN=C(NCCCOc1ccc(OC)cc1)NC1CCN(C(=O)C(C)C)C1.I. The number of hydrogen-bond donors (Lipinski definition) is 2. The van der Waals surface area contributed by atoms with E-state index in [9.17, 15) is 4.79 Å². The van der Waals surface area contributed by atoms with Gasteiger partial charge >= 0.3 is 0 Å². The van der Waals surface area contributed by atoms with Crippen molar-refractivity contribution in [1.82, 2.24) is 15.5 Å². The lowest BCUT2D eigenvalue weighted by atomic mass is 10.2. The number of amides is 1. The summed E-state index contributed by atoms with van der Waals surface area (Å²) in [6.07, 6.45) is 1.80. The van der Waals surface area contributed by atoms with Crippen molar-refractivity contribution in [3.63, 3.8) is 0 Å². The minimum absolute atomic E-state index is 0. The number of benzene rings is 1. The summed E-state index contributed by atoms with van der Waals surface area (Å²) >= 11 is 0. The van der Waals surface area contributed by atoms with Crippen LogP contribution in [0, 0.1) is 5.92 Å². The first-order chi connectivity index (χ1) is 13.0. The highest BCUT2D eigenvalue weighted by Gasteiger charge is 2.27. The predicted molar refractivity (Wildman–Crippen MR) is 123 cm³/mol. The van der Waals surface area contributed by atoms with E-state index in [1.165, 1.54) is 0 Å². The molecular formula is C20H33IN4O3. The Morgan fingerprint density at radius 3 is 2.57 bits per heavy atom. The number of nitrogens with zero attached hydrogens (tertiary/aromatic N) is 2. The molecule has 1 aliphatic rings. The molecule has 1 saturated heterocycles. The van der Waals surface area contributed by atoms with E-state index < -0.39 is 0 Å². The third-order valence-corrected chi connectivity index (χ3v) is 4.50. The number of hydrogen-bond acceptors (Lipinski definition) is 4. The average molecular weight is 504 g/mol. The molecule has 1 unspecified atom stereocenters. The number of nitrogens with one attached hydrogen (secondary N) is 2. The lowest BCUT2D eigenvalue weighted by molar-refractivity contribution is -0.133. The molecule has 1 aromatic rings. The highest BCUT2D eigenvalue weighted by atomic mass is 127. The number of likely N-dealkylation sites (tertiary alicyclic amines) is 1. The standard InChI is InChI=1S/C20H32N4O3.HI/c1-15(2)19(25)24-12-10-16(14-24)23-20(21-3)22-11-5-13-27-18-8-6-17(26-4)7-9-18;/h6-9,15-16H,5,10-14H2,1-4H3,(H2,21,22,23);1H. The minimum atomic E-state index is 0. The number of halogens is 1. The molecule has 0 bridgehead atoms. The molecule has 8 heteroatoms. The molecule has 28 heavy (non-hydrogen) atoms. The third-order valence-electron chi connectivity index (χ3n) is 4.50. The Balaban J connectivity index is 0.00000392. The second-order valence-corrected chi connectivity index (χ2v) is 6.95. The van der Waals surface area contributed by atoms with Gasteiger partial charge < -0.3 is 25.0 Å². The number of aliphatic imine (C=N–C) groups is 1. The number of guanidine groups is 1. The van der Waals surface area contributed by atoms with Gasteiger partial charge in [-0.3, -0.25) is 9.79 Å². The molecule has 0 aliphatic carbocycles. The molecule has 2 rings (SSSR count). The molecule has 0 saturated carbocycles. The van der Waals surface area contributed by atoms with Crippen molar-refractivity contribution in [1.29, 1.82) is 0 Å². The van der Waals surface area contributed by atoms with Gasteiger partial charge in [-0.15, -0.1) is 24.0 Å². The van der Waals surface area contributed by atoms with Crippen LogP contribution < -0.4 is 20.1 Å². The topological polar surface area (TPSA) is 75.2 Å².